The number of amides is 1. The van der Waals surface area contributed by atoms with Gasteiger partial charge in [-0.15, -0.1) is 0 Å². The Morgan fingerprint density at radius 1 is 0.861 bits per heavy atom. The van der Waals surface area contributed by atoms with Crippen LogP contribution in [-0.2, 0) is 17.9 Å². The zero-order valence-corrected chi connectivity index (χ0v) is 20.3. The first kappa shape index (κ1) is 27.8. The number of imidazole rings is 2. The van der Waals surface area contributed by atoms with Crippen molar-refractivity contribution in [3.63, 3.8) is 0 Å². The summed E-state index contributed by atoms with van der Waals surface area (Å²) >= 11 is 0. The highest BCUT2D eigenvalue weighted by Gasteiger charge is 2.06. The van der Waals surface area contributed by atoms with Crippen LogP contribution in [0.1, 0.15) is 25.5 Å². The van der Waals surface area contributed by atoms with E-state index in [2.05, 4.69) is 53.6 Å². The van der Waals surface area contributed by atoms with Crippen molar-refractivity contribution in [2.45, 2.75) is 27.4 Å². The number of hydrogen-bond acceptors (Lipinski definition) is 4. The molecule has 8 nitrogen and oxygen atoms in total. The number of nitrogens with one attached hydrogen (secondary N) is 1. The highest BCUT2D eigenvalue weighted by Crippen LogP contribution is 2.15. The first-order valence-electron chi connectivity index (χ1n) is 11.2. The van der Waals surface area contributed by atoms with E-state index in [-0.39, 0.29) is 13.3 Å². The molecule has 0 aliphatic carbocycles. The number of benzene rings is 2. The Morgan fingerprint density at radius 3 is 1.97 bits per heavy atom. The third-order valence-corrected chi connectivity index (χ3v) is 5.05. The number of carbonyl (C=O) groups is 1. The second-order valence-corrected chi connectivity index (χ2v) is 7.97. The van der Waals surface area contributed by atoms with Gasteiger partial charge in [-0.05, 0) is 17.2 Å². The number of aromatic nitrogens is 6. The van der Waals surface area contributed by atoms with Crippen LogP contribution in [0.25, 0.3) is 11.5 Å². The second-order valence-electron chi connectivity index (χ2n) is 7.97. The fourth-order valence-corrected chi connectivity index (χ4v) is 3.02. The summed E-state index contributed by atoms with van der Waals surface area (Å²) in [5, 5.41) is 6.88. The van der Waals surface area contributed by atoms with Gasteiger partial charge in [-0.25, -0.2) is 9.97 Å². The maximum Gasteiger partial charge on any atom is 0.218 e. The maximum absolute atomic E-state index is 10.1. The SMILES string of the molecule is C.CC(=O)N(C)C.c1ccc(Cn2ccnc2)cc1.c1ccc(Cn2ccnc2-c2ccn[nH]2)cc1. The fraction of sp³-hybridized carbons (Fsp3) is 0.214. The van der Waals surface area contributed by atoms with Crippen molar-refractivity contribution in [1.29, 1.82) is 0 Å². The van der Waals surface area contributed by atoms with E-state index in [0.717, 1.165) is 24.6 Å². The number of nitrogens with zero attached hydrogens (tertiary/aromatic N) is 6. The average Bonchev–Trinajstić information content (AvgIpc) is 3.65. The van der Waals surface area contributed by atoms with Gasteiger partial charge in [0.1, 0.15) is 5.69 Å². The molecule has 5 rings (SSSR count). The van der Waals surface area contributed by atoms with Crippen LogP contribution in [0, 0.1) is 0 Å². The van der Waals surface area contributed by atoms with E-state index in [0.29, 0.717) is 0 Å². The van der Waals surface area contributed by atoms with E-state index in [1.807, 2.05) is 61.2 Å². The van der Waals surface area contributed by atoms with Crippen LogP contribution in [-0.4, -0.2) is 54.2 Å². The molecule has 5 aromatic rings. The molecule has 8 heteroatoms. The second kappa shape index (κ2) is 14.7. The molecule has 0 saturated carbocycles. The minimum atomic E-state index is 0. The molecule has 0 atom stereocenters. The van der Waals surface area contributed by atoms with Crippen LogP contribution >= 0.6 is 0 Å². The van der Waals surface area contributed by atoms with Crippen LogP contribution in [0.5, 0.6) is 0 Å². The summed E-state index contributed by atoms with van der Waals surface area (Å²) in [7, 11) is 3.45. The van der Waals surface area contributed by atoms with E-state index < -0.39 is 0 Å². The van der Waals surface area contributed by atoms with Crippen LogP contribution in [0.3, 0.4) is 0 Å². The van der Waals surface area contributed by atoms with Gasteiger partial charge in [-0.1, -0.05) is 68.1 Å². The molecule has 0 radical (unpaired) electrons. The Morgan fingerprint density at radius 2 is 1.47 bits per heavy atom. The molecule has 0 saturated heterocycles. The first-order chi connectivity index (χ1) is 17.0. The minimum absolute atomic E-state index is 0. The van der Waals surface area contributed by atoms with Crippen LogP contribution in [0.15, 0.2) is 104 Å². The van der Waals surface area contributed by atoms with Crippen LogP contribution in [0.2, 0.25) is 0 Å². The molecule has 36 heavy (non-hydrogen) atoms. The highest BCUT2D eigenvalue weighted by molar-refractivity contribution is 5.72. The van der Waals surface area contributed by atoms with Crippen LogP contribution in [0.4, 0.5) is 0 Å². The van der Waals surface area contributed by atoms with Gasteiger partial charge in [-0.2, -0.15) is 5.10 Å². The Labute approximate surface area is 213 Å². The lowest BCUT2D eigenvalue weighted by molar-refractivity contribution is -0.126. The van der Waals surface area contributed by atoms with Crippen molar-refractivity contribution in [3.05, 3.63) is 115 Å². The molecule has 0 aliphatic heterocycles. The first-order valence-corrected chi connectivity index (χ1v) is 11.2. The molecule has 3 aromatic heterocycles. The zero-order chi connectivity index (χ0) is 24.9. The zero-order valence-electron chi connectivity index (χ0n) is 20.3. The lowest BCUT2D eigenvalue weighted by atomic mass is 10.2. The smallest absolute Gasteiger partial charge is 0.218 e. The summed E-state index contributed by atoms with van der Waals surface area (Å²) < 4.78 is 4.15. The quantitative estimate of drug-likeness (QED) is 0.380. The Bertz CT molecular complexity index is 1230. The van der Waals surface area contributed by atoms with Gasteiger partial charge in [0.15, 0.2) is 5.82 Å². The predicted molar refractivity (Wildman–Crippen MR) is 144 cm³/mol. The lowest BCUT2D eigenvalue weighted by Crippen LogP contribution is -2.17. The van der Waals surface area contributed by atoms with Crippen molar-refractivity contribution in [2.24, 2.45) is 0 Å². The summed E-state index contributed by atoms with van der Waals surface area (Å²) in [6, 6.07) is 22.6. The Kier molecular flexibility index (Phi) is 11.4. The van der Waals surface area contributed by atoms with Crippen molar-refractivity contribution in [1.82, 2.24) is 34.2 Å². The van der Waals surface area contributed by atoms with Gasteiger partial charge in [0.05, 0.1) is 6.33 Å². The molecule has 188 valence electrons. The molecular weight excluding hydrogens is 450 g/mol. The van der Waals surface area contributed by atoms with Gasteiger partial charge in [0.25, 0.3) is 0 Å². The maximum atomic E-state index is 10.1. The molecule has 0 bridgehead atoms. The minimum Gasteiger partial charge on any atom is -0.349 e. The van der Waals surface area contributed by atoms with Gasteiger partial charge in [-0.3, -0.25) is 9.89 Å². The van der Waals surface area contributed by atoms with Crippen molar-refractivity contribution in [3.8, 4) is 11.5 Å². The molecule has 0 spiro atoms. The molecule has 0 fully saturated rings. The number of aromatic amines is 1. The fourth-order valence-electron chi connectivity index (χ4n) is 3.02. The van der Waals surface area contributed by atoms with Gasteiger partial charge < -0.3 is 14.0 Å². The van der Waals surface area contributed by atoms with Crippen molar-refractivity contribution >= 4 is 5.91 Å². The standard InChI is InChI=1S/C13H12N4.C10H10N2.C4H9NO.CH4/c1-2-4-11(5-3-1)10-17-9-8-14-13(17)12-6-7-15-16-12;1-2-4-10(5-3-1)8-12-7-6-11-9-12;1-4(6)5(2)3;/h1-9H,10H2,(H,15,16);1-7,9H,8H2;1-3H3;1H4. The van der Waals surface area contributed by atoms with E-state index >= 15 is 0 Å². The van der Waals surface area contributed by atoms with Gasteiger partial charge in [0, 0.05) is 65.1 Å². The molecule has 0 aliphatic rings. The van der Waals surface area contributed by atoms with Gasteiger partial charge >= 0.3 is 0 Å². The summed E-state index contributed by atoms with van der Waals surface area (Å²) in [4.78, 5) is 19.9. The normalized spacial score (nSPS) is 9.64. The van der Waals surface area contributed by atoms with E-state index in [1.165, 1.54) is 23.0 Å². The van der Waals surface area contributed by atoms with Gasteiger partial charge in [0.2, 0.25) is 5.91 Å². The number of rotatable bonds is 5. The molecule has 1 amide bonds. The monoisotopic (exact) mass is 485 g/mol. The summed E-state index contributed by atoms with van der Waals surface area (Å²) in [6.45, 7) is 3.25. The lowest BCUT2D eigenvalue weighted by Gasteiger charge is -2.06. The average molecular weight is 486 g/mol. The third-order valence-electron chi connectivity index (χ3n) is 5.05. The highest BCUT2D eigenvalue weighted by atomic mass is 16.2. The number of carbonyl (C=O) groups excluding carboxylic acids is 1. The molecule has 2 aromatic carbocycles. The van der Waals surface area contributed by atoms with Crippen LogP contribution < -0.4 is 0 Å². The summed E-state index contributed by atoms with van der Waals surface area (Å²) in [5.41, 5.74) is 3.49. The largest absolute Gasteiger partial charge is 0.349 e. The topological polar surface area (TPSA) is 84.6 Å². The summed E-state index contributed by atoms with van der Waals surface area (Å²) in [6.07, 6.45) is 11.1. The van der Waals surface area contributed by atoms with Crippen molar-refractivity contribution in [2.75, 3.05) is 14.1 Å². The van der Waals surface area contributed by atoms with E-state index in [4.69, 9.17) is 0 Å². The number of H-pyrrole nitrogens is 1. The molecule has 3 heterocycles. The number of hydrogen-bond donors (Lipinski definition) is 1. The Balaban J connectivity index is 0.000000211. The molecule has 1 N–H and O–H groups in total. The molecular formula is C28H35N7O. The van der Waals surface area contributed by atoms with E-state index in [1.54, 1.807) is 32.7 Å². The summed E-state index contributed by atoms with van der Waals surface area (Å²) in [5.74, 6) is 1.00. The van der Waals surface area contributed by atoms with E-state index in [9.17, 15) is 4.79 Å². The third kappa shape index (κ3) is 9.06. The Hall–Kier alpha value is -4.46. The van der Waals surface area contributed by atoms with Crippen molar-refractivity contribution < 1.29 is 4.79 Å². The predicted octanol–water partition coefficient (Wildman–Crippen LogP) is 4.98. The molecule has 0 unspecified atom stereocenters.